The number of alkyl halides is 3. The van der Waals surface area contributed by atoms with Gasteiger partial charge in [-0.2, -0.15) is 13.2 Å². The Bertz CT molecular complexity index is 674. The fourth-order valence-corrected chi connectivity index (χ4v) is 5.40. The highest BCUT2D eigenvalue weighted by atomic mass is 32.2. The Morgan fingerprint density at radius 2 is 1.89 bits per heavy atom. The average molecular weight is 399 g/mol. The molecule has 0 aliphatic carbocycles. The van der Waals surface area contributed by atoms with Gasteiger partial charge in [0.2, 0.25) is 0 Å². The number of hydrogen-bond donors (Lipinski definition) is 2. The Hall–Kier alpha value is -1.25. The third-order valence-corrected chi connectivity index (χ3v) is 7.11. The summed E-state index contributed by atoms with van der Waals surface area (Å²) in [6.45, 7) is 3.17. The number of carbonyl (C=O) groups is 1. The molecule has 0 radical (unpaired) electrons. The summed E-state index contributed by atoms with van der Waals surface area (Å²) in [5.41, 5.74) is 0.600. The molecule has 8 heteroatoms. The predicted octanol–water partition coefficient (Wildman–Crippen LogP) is 3.10. The maximum Gasteiger partial charge on any atom is 0.393 e. The normalized spacial score (nSPS) is 33.2. The van der Waals surface area contributed by atoms with Crippen molar-refractivity contribution in [2.45, 2.75) is 41.7 Å². The van der Waals surface area contributed by atoms with Crippen molar-refractivity contribution in [3.05, 3.63) is 29.8 Å². The second-order valence-electron chi connectivity index (χ2n) is 7.73. The Morgan fingerprint density at radius 1 is 1.19 bits per heavy atom. The largest absolute Gasteiger partial charge is 0.393 e. The maximum atomic E-state index is 12.8. The van der Waals surface area contributed by atoms with E-state index in [0.29, 0.717) is 11.5 Å². The first kappa shape index (κ1) is 19.1. The van der Waals surface area contributed by atoms with Gasteiger partial charge in [0.15, 0.2) is 0 Å². The van der Waals surface area contributed by atoms with Gasteiger partial charge >= 0.3 is 6.18 Å². The van der Waals surface area contributed by atoms with Crippen molar-refractivity contribution < 1.29 is 18.0 Å². The van der Waals surface area contributed by atoms with Crippen LogP contribution in [0.4, 0.5) is 13.2 Å². The van der Waals surface area contributed by atoms with Gasteiger partial charge in [-0.25, -0.2) is 0 Å². The van der Waals surface area contributed by atoms with Crippen LogP contribution in [0.25, 0.3) is 0 Å². The number of nitrogens with one attached hydrogen (secondary N) is 2. The quantitative estimate of drug-likeness (QED) is 0.817. The molecule has 0 spiro atoms. The smallest absolute Gasteiger partial charge is 0.348 e. The van der Waals surface area contributed by atoms with E-state index in [2.05, 4.69) is 15.5 Å². The van der Waals surface area contributed by atoms with E-state index in [-0.39, 0.29) is 30.3 Å². The minimum Gasteiger partial charge on any atom is -0.348 e. The van der Waals surface area contributed by atoms with Crippen LogP contribution in [0.2, 0.25) is 0 Å². The van der Waals surface area contributed by atoms with Gasteiger partial charge in [0.25, 0.3) is 5.91 Å². The fourth-order valence-electron chi connectivity index (χ4n) is 4.27. The molecule has 4 heterocycles. The van der Waals surface area contributed by atoms with Crippen LogP contribution in [-0.4, -0.2) is 54.6 Å². The molecule has 2 unspecified atom stereocenters. The molecule has 4 aliphatic rings. The average Bonchev–Trinajstić information content (AvgIpc) is 3.12. The Balaban J connectivity index is 1.30. The number of halogens is 3. The van der Waals surface area contributed by atoms with E-state index >= 15 is 0 Å². The van der Waals surface area contributed by atoms with Gasteiger partial charge in [0.1, 0.15) is 0 Å². The summed E-state index contributed by atoms with van der Waals surface area (Å²) >= 11 is 1.39. The summed E-state index contributed by atoms with van der Waals surface area (Å²) < 4.78 is 38.3. The highest BCUT2D eigenvalue weighted by Gasteiger charge is 2.44. The minimum absolute atomic E-state index is 0.0266. The van der Waals surface area contributed by atoms with Crippen molar-refractivity contribution in [2.75, 3.05) is 26.2 Å². The highest BCUT2D eigenvalue weighted by molar-refractivity contribution is 7.99. The summed E-state index contributed by atoms with van der Waals surface area (Å²) in [6, 6.07) is 7.37. The Kier molecular flexibility index (Phi) is 5.40. The fraction of sp³-hybridized carbons (Fsp3) is 0.632. The van der Waals surface area contributed by atoms with Crippen LogP contribution < -0.4 is 10.6 Å². The molecule has 1 aromatic carbocycles. The number of thioether (sulfide) groups is 1. The molecule has 1 aromatic rings. The number of benzene rings is 1. The van der Waals surface area contributed by atoms with Crippen molar-refractivity contribution in [1.82, 2.24) is 15.5 Å². The lowest BCUT2D eigenvalue weighted by Crippen LogP contribution is -2.57. The number of hydrogen-bond acceptors (Lipinski definition) is 4. The van der Waals surface area contributed by atoms with Crippen molar-refractivity contribution in [3.8, 4) is 0 Å². The number of nitrogens with zero attached hydrogens (tertiary/aromatic N) is 1. The summed E-state index contributed by atoms with van der Waals surface area (Å²) in [5.74, 6) is -0.771. The molecule has 27 heavy (non-hydrogen) atoms. The zero-order valence-corrected chi connectivity index (χ0v) is 15.8. The lowest BCUT2D eigenvalue weighted by atomic mass is 9.84. The van der Waals surface area contributed by atoms with Crippen LogP contribution in [0.1, 0.15) is 29.6 Å². The van der Waals surface area contributed by atoms with Crippen molar-refractivity contribution in [2.24, 2.45) is 11.8 Å². The second-order valence-corrected chi connectivity index (χ2v) is 9.01. The first-order valence-corrected chi connectivity index (χ1v) is 10.4. The minimum atomic E-state index is -4.14. The summed E-state index contributed by atoms with van der Waals surface area (Å²) in [4.78, 5) is 15.8. The van der Waals surface area contributed by atoms with Crippen LogP contribution in [-0.2, 0) is 0 Å². The van der Waals surface area contributed by atoms with Gasteiger partial charge in [-0.3, -0.25) is 4.79 Å². The molecule has 2 N–H and O–H groups in total. The molecule has 148 valence electrons. The molecule has 1 amide bonds. The van der Waals surface area contributed by atoms with Crippen LogP contribution in [0.5, 0.6) is 0 Å². The van der Waals surface area contributed by atoms with Crippen LogP contribution in [0.3, 0.4) is 0 Å². The summed E-state index contributed by atoms with van der Waals surface area (Å²) in [6.07, 6.45) is -1.77. The molecule has 4 fully saturated rings. The number of fused-ring (bicyclic) bond motifs is 3. The van der Waals surface area contributed by atoms with Gasteiger partial charge < -0.3 is 15.5 Å². The lowest BCUT2D eigenvalue weighted by molar-refractivity contribution is -0.168. The van der Waals surface area contributed by atoms with Gasteiger partial charge in [-0.05, 0) is 62.5 Å². The van der Waals surface area contributed by atoms with Gasteiger partial charge in [-0.15, -0.1) is 11.8 Å². The Morgan fingerprint density at radius 3 is 2.44 bits per heavy atom. The highest BCUT2D eigenvalue weighted by Crippen LogP contribution is 2.37. The van der Waals surface area contributed by atoms with E-state index < -0.39 is 12.1 Å². The van der Waals surface area contributed by atoms with E-state index in [1.807, 2.05) is 12.1 Å². The zero-order chi connectivity index (χ0) is 19.0. The lowest BCUT2D eigenvalue weighted by Gasteiger charge is -2.44. The maximum absolute atomic E-state index is 12.8. The van der Waals surface area contributed by atoms with Crippen molar-refractivity contribution in [3.63, 3.8) is 0 Å². The summed E-state index contributed by atoms with van der Waals surface area (Å²) in [7, 11) is 0. The molecule has 2 bridgehead atoms. The van der Waals surface area contributed by atoms with Crippen LogP contribution in [0.15, 0.2) is 29.2 Å². The predicted molar refractivity (Wildman–Crippen MR) is 98.7 cm³/mol. The van der Waals surface area contributed by atoms with Crippen LogP contribution >= 0.6 is 11.8 Å². The van der Waals surface area contributed by atoms with Gasteiger partial charge in [-0.1, -0.05) is 0 Å². The monoisotopic (exact) mass is 399 g/mol. The van der Waals surface area contributed by atoms with Crippen molar-refractivity contribution >= 4 is 17.7 Å². The molecule has 5 rings (SSSR count). The third kappa shape index (κ3) is 4.43. The molecule has 4 aliphatic heterocycles. The summed E-state index contributed by atoms with van der Waals surface area (Å²) in [5, 5.41) is 5.84. The van der Waals surface area contributed by atoms with E-state index in [9.17, 15) is 18.0 Å². The third-order valence-electron chi connectivity index (χ3n) is 5.92. The molecule has 4 nitrogen and oxygen atoms in total. The molecule has 4 saturated heterocycles. The van der Waals surface area contributed by atoms with E-state index in [1.165, 1.54) is 11.8 Å². The van der Waals surface area contributed by atoms with E-state index in [1.54, 1.807) is 12.1 Å². The zero-order valence-electron chi connectivity index (χ0n) is 15.0. The number of piperidine rings is 3. The molecule has 0 aromatic heterocycles. The van der Waals surface area contributed by atoms with Crippen LogP contribution in [0, 0.1) is 11.8 Å². The Labute approximate surface area is 161 Å². The standard InChI is InChI=1S/C19H24F3N3OS/c20-19(21,22)14-9-17(23-10-14)27-15-3-1-13(2-4-15)18(26)24-16-11-25-7-5-12(16)6-8-25/h1-4,12,14,16-17,23H,5-11H2,(H,24,26)/t14?,16-,17?/m0/s1. The second kappa shape index (κ2) is 7.64. The first-order valence-electron chi connectivity index (χ1n) is 9.48. The topological polar surface area (TPSA) is 44.4 Å². The molecular formula is C19H24F3N3OS. The SMILES string of the molecule is O=C(N[C@H]1CN2CCC1CC2)c1ccc(SC2CC(C(F)(F)F)CN2)cc1. The molecular weight excluding hydrogens is 375 g/mol. The number of rotatable bonds is 4. The van der Waals surface area contributed by atoms with E-state index in [4.69, 9.17) is 0 Å². The number of amides is 1. The van der Waals surface area contributed by atoms with E-state index in [0.717, 1.165) is 37.4 Å². The first-order chi connectivity index (χ1) is 12.9. The molecule has 3 atom stereocenters. The molecule has 0 saturated carbocycles. The van der Waals surface area contributed by atoms with Gasteiger partial charge in [0.05, 0.1) is 11.3 Å². The number of carbonyl (C=O) groups excluding carboxylic acids is 1. The van der Waals surface area contributed by atoms with Gasteiger partial charge in [0, 0.05) is 29.6 Å². The van der Waals surface area contributed by atoms with Crippen molar-refractivity contribution in [1.29, 1.82) is 0 Å².